The van der Waals surface area contributed by atoms with Crippen molar-refractivity contribution in [3.05, 3.63) is 23.9 Å². The van der Waals surface area contributed by atoms with Crippen LogP contribution in [0.4, 0.5) is 13.2 Å². The van der Waals surface area contributed by atoms with Crippen molar-refractivity contribution in [1.29, 1.82) is 0 Å². The molecule has 158 valence electrons. The number of amides is 1. The Balaban J connectivity index is 2.53. The third-order valence-corrected chi connectivity index (χ3v) is 3.69. The lowest BCUT2D eigenvalue weighted by molar-refractivity contribution is -0.154. The third-order valence-electron chi connectivity index (χ3n) is 3.69. The predicted octanol–water partition coefficient (Wildman–Crippen LogP) is 2.34. The number of guanidine groups is 1. The highest BCUT2D eigenvalue weighted by atomic mass is 19.4. The summed E-state index contributed by atoms with van der Waals surface area (Å²) in [6.45, 7) is 7.17. The summed E-state index contributed by atoms with van der Waals surface area (Å²) in [5.41, 5.74) is 0.718. The summed E-state index contributed by atoms with van der Waals surface area (Å²) in [5.74, 6) is 0.532. The number of aliphatic imine (C=N–C) groups is 1. The molecule has 28 heavy (non-hydrogen) atoms. The Hall–Kier alpha value is -2.52. The van der Waals surface area contributed by atoms with Gasteiger partial charge in [-0.05, 0) is 26.3 Å². The van der Waals surface area contributed by atoms with Crippen molar-refractivity contribution in [3.63, 3.8) is 0 Å². The number of nitrogens with zero attached hydrogens (tertiary/aromatic N) is 3. The van der Waals surface area contributed by atoms with E-state index in [4.69, 9.17) is 0 Å². The maximum Gasteiger partial charge on any atom is 0.422 e. The van der Waals surface area contributed by atoms with Gasteiger partial charge in [0.2, 0.25) is 11.8 Å². The zero-order valence-corrected chi connectivity index (χ0v) is 16.5. The van der Waals surface area contributed by atoms with Crippen molar-refractivity contribution in [2.75, 3.05) is 32.8 Å². The second-order valence-corrected chi connectivity index (χ2v) is 5.85. The Morgan fingerprint density at radius 1 is 1.21 bits per heavy atom. The van der Waals surface area contributed by atoms with Crippen molar-refractivity contribution in [1.82, 2.24) is 20.5 Å². The highest BCUT2D eigenvalue weighted by Crippen LogP contribution is 2.17. The molecule has 0 atom stereocenters. The molecule has 0 radical (unpaired) electrons. The average Bonchev–Trinajstić information content (AvgIpc) is 2.65. The molecular weight excluding hydrogens is 375 g/mol. The number of ether oxygens (including phenoxy) is 1. The minimum atomic E-state index is -4.40. The second kappa shape index (κ2) is 12.0. The van der Waals surface area contributed by atoms with Crippen LogP contribution in [-0.4, -0.2) is 60.7 Å². The van der Waals surface area contributed by atoms with Gasteiger partial charge in [-0.25, -0.2) is 9.98 Å². The fourth-order valence-corrected chi connectivity index (χ4v) is 2.28. The third kappa shape index (κ3) is 9.43. The summed E-state index contributed by atoms with van der Waals surface area (Å²) in [7, 11) is 0. The van der Waals surface area contributed by atoms with Gasteiger partial charge in [-0.3, -0.25) is 4.79 Å². The maximum atomic E-state index is 12.1. The second-order valence-electron chi connectivity index (χ2n) is 5.85. The Morgan fingerprint density at radius 3 is 2.46 bits per heavy atom. The zero-order chi connectivity index (χ0) is 21.0. The summed E-state index contributed by atoms with van der Waals surface area (Å²) < 4.78 is 41.0. The fraction of sp³-hybridized carbons (Fsp3) is 0.611. The quantitative estimate of drug-likeness (QED) is 0.463. The molecule has 1 heterocycles. The number of hydrogen-bond donors (Lipinski definition) is 2. The summed E-state index contributed by atoms with van der Waals surface area (Å²) in [5, 5.41) is 6.17. The molecule has 1 aromatic rings. The minimum absolute atomic E-state index is 0.0759. The van der Waals surface area contributed by atoms with E-state index in [9.17, 15) is 18.0 Å². The molecule has 0 fully saturated rings. The van der Waals surface area contributed by atoms with E-state index in [0.29, 0.717) is 38.6 Å². The van der Waals surface area contributed by atoms with Crippen LogP contribution >= 0.6 is 0 Å². The van der Waals surface area contributed by atoms with Crippen LogP contribution in [0.5, 0.6) is 5.88 Å². The molecule has 0 aliphatic heterocycles. The molecular formula is C18H28F3N5O2. The van der Waals surface area contributed by atoms with Gasteiger partial charge in [0, 0.05) is 44.9 Å². The molecule has 1 rings (SSSR count). The van der Waals surface area contributed by atoms with Crippen LogP contribution in [0.3, 0.4) is 0 Å². The van der Waals surface area contributed by atoms with Gasteiger partial charge in [0.05, 0.1) is 6.54 Å². The van der Waals surface area contributed by atoms with E-state index in [0.717, 1.165) is 5.56 Å². The van der Waals surface area contributed by atoms with Crippen molar-refractivity contribution >= 4 is 11.9 Å². The van der Waals surface area contributed by atoms with Crippen LogP contribution in [-0.2, 0) is 11.3 Å². The topological polar surface area (TPSA) is 78.9 Å². The number of hydrogen-bond acceptors (Lipinski definition) is 4. The van der Waals surface area contributed by atoms with E-state index >= 15 is 0 Å². The van der Waals surface area contributed by atoms with E-state index in [-0.39, 0.29) is 18.3 Å². The van der Waals surface area contributed by atoms with Crippen molar-refractivity contribution in [2.45, 2.75) is 39.9 Å². The van der Waals surface area contributed by atoms with Crippen molar-refractivity contribution in [2.24, 2.45) is 4.99 Å². The first-order chi connectivity index (χ1) is 13.3. The van der Waals surface area contributed by atoms with Crippen LogP contribution in [0.1, 0.15) is 32.8 Å². The normalized spacial score (nSPS) is 11.9. The van der Waals surface area contributed by atoms with Crippen LogP contribution in [0.15, 0.2) is 23.3 Å². The van der Waals surface area contributed by atoms with Crippen LogP contribution in [0, 0.1) is 0 Å². The van der Waals surface area contributed by atoms with Crippen LogP contribution < -0.4 is 15.4 Å². The van der Waals surface area contributed by atoms with Gasteiger partial charge >= 0.3 is 6.18 Å². The lowest BCUT2D eigenvalue weighted by Gasteiger charge is -2.19. The highest BCUT2D eigenvalue weighted by Gasteiger charge is 2.28. The first-order valence-electron chi connectivity index (χ1n) is 9.23. The molecule has 0 aliphatic carbocycles. The Bertz CT molecular complexity index is 617. The summed E-state index contributed by atoms with van der Waals surface area (Å²) >= 11 is 0. The van der Waals surface area contributed by atoms with Gasteiger partial charge in [0.1, 0.15) is 0 Å². The first-order valence-corrected chi connectivity index (χ1v) is 9.23. The fourth-order valence-electron chi connectivity index (χ4n) is 2.28. The SMILES string of the molecule is CCNC(=NCc1ccc(OCC(F)(F)F)nc1)NCCC(=O)N(CC)CC. The number of alkyl halides is 3. The molecule has 0 unspecified atom stereocenters. The molecule has 10 heteroatoms. The molecule has 0 saturated heterocycles. The van der Waals surface area contributed by atoms with Crippen LogP contribution in [0.25, 0.3) is 0 Å². The Kier molecular flexibility index (Phi) is 10.1. The Labute approximate surface area is 163 Å². The van der Waals surface area contributed by atoms with E-state index < -0.39 is 12.8 Å². The first kappa shape index (κ1) is 23.5. The lowest BCUT2D eigenvalue weighted by atomic mass is 10.3. The standard InChI is InChI=1S/C18H28F3N5O2/c1-4-22-17(23-10-9-16(27)26(5-2)6-3)25-12-14-7-8-15(24-11-14)28-13-18(19,20)21/h7-8,11H,4-6,9-10,12-13H2,1-3H3,(H2,22,23,25). The predicted molar refractivity (Wildman–Crippen MR) is 101 cm³/mol. The van der Waals surface area contributed by atoms with E-state index in [1.807, 2.05) is 20.8 Å². The Morgan fingerprint density at radius 2 is 1.93 bits per heavy atom. The van der Waals surface area contributed by atoms with Gasteiger partial charge < -0.3 is 20.3 Å². The number of halogens is 3. The van der Waals surface area contributed by atoms with Gasteiger partial charge in [-0.1, -0.05) is 6.07 Å². The summed E-state index contributed by atoms with van der Waals surface area (Å²) in [4.78, 5) is 22.0. The smallest absolute Gasteiger partial charge is 0.422 e. The van der Waals surface area contributed by atoms with Gasteiger partial charge in [-0.15, -0.1) is 0 Å². The number of pyridine rings is 1. The summed E-state index contributed by atoms with van der Waals surface area (Å²) in [6, 6.07) is 2.98. The van der Waals surface area contributed by atoms with Crippen molar-refractivity contribution < 1.29 is 22.7 Å². The number of aromatic nitrogens is 1. The molecule has 0 saturated carbocycles. The monoisotopic (exact) mass is 403 g/mol. The largest absolute Gasteiger partial charge is 0.468 e. The average molecular weight is 403 g/mol. The molecule has 7 nitrogen and oxygen atoms in total. The number of nitrogens with one attached hydrogen (secondary N) is 2. The van der Waals surface area contributed by atoms with E-state index in [1.54, 1.807) is 11.0 Å². The molecule has 0 bridgehead atoms. The van der Waals surface area contributed by atoms with Gasteiger partial charge in [0.15, 0.2) is 12.6 Å². The van der Waals surface area contributed by atoms with E-state index in [2.05, 4.69) is 25.3 Å². The van der Waals surface area contributed by atoms with Gasteiger partial charge in [-0.2, -0.15) is 13.2 Å². The van der Waals surface area contributed by atoms with Crippen molar-refractivity contribution in [3.8, 4) is 5.88 Å². The molecule has 1 amide bonds. The molecule has 0 aromatic carbocycles. The molecule has 0 spiro atoms. The minimum Gasteiger partial charge on any atom is -0.468 e. The summed E-state index contributed by atoms with van der Waals surface area (Å²) in [6.07, 6.45) is -2.62. The molecule has 2 N–H and O–H groups in total. The lowest BCUT2D eigenvalue weighted by Crippen LogP contribution is -2.40. The van der Waals surface area contributed by atoms with Gasteiger partial charge in [0.25, 0.3) is 0 Å². The van der Waals surface area contributed by atoms with Crippen LogP contribution in [0.2, 0.25) is 0 Å². The number of carbonyl (C=O) groups excluding carboxylic acids is 1. The highest BCUT2D eigenvalue weighted by molar-refractivity contribution is 5.81. The number of rotatable bonds is 10. The molecule has 1 aromatic heterocycles. The molecule has 0 aliphatic rings. The maximum absolute atomic E-state index is 12.1. The van der Waals surface area contributed by atoms with E-state index in [1.165, 1.54) is 12.3 Å². The number of carbonyl (C=O) groups is 1. The zero-order valence-electron chi connectivity index (χ0n) is 16.5.